The molecular formula is C11H11BrN2O2. The molecule has 16 heavy (non-hydrogen) atoms. The highest BCUT2D eigenvalue weighted by atomic mass is 79.9. The first-order valence-corrected chi connectivity index (χ1v) is 5.74. The third kappa shape index (κ3) is 1.82. The smallest absolute Gasteiger partial charge is 0.358 e. The molecule has 0 fully saturated rings. The van der Waals surface area contributed by atoms with E-state index in [0.29, 0.717) is 16.9 Å². The van der Waals surface area contributed by atoms with E-state index < -0.39 is 0 Å². The van der Waals surface area contributed by atoms with Gasteiger partial charge in [0.1, 0.15) is 10.3 Å². The highest BCUT2D eigenvalue weighted by Gasteiger charge is 2.18. The van der Waals surface area contributed by atoms with Gasteiger partial charge in [0, 0.05) is 6.20 Å². The first-order valence-electron chi connectivity index (χ1n) is 4.94. The van der Waals surface area contributed by atoms with Gasteiger partial charge >= 0.3 is 5.97 Å². The lowest BCUT2D eigenvalue weighted by Gasteiger charge is -2.02. The fourth-order valence-electron chi connectivity index (χ4n) is 1.50. The van der Waals surface area contributed by atoms with Crippen molar-refractivity contribution in [2.75, 3.05) is 6.61 Å². The van der Waals surface area contributed by atoms with Crippen LogP contribution in [-0.4, -0.2) is 22.0 Å². The lowest BCUT2D eigenvalue weighted by Crippen LogP contribution is -2.08. The number of carbonyl (C=O) groups excluding carboxylic acids is 1. The molecule has 0 atom stereocenters. The molecule has 0 bridgehead atoms. The highest BCUT2D eigenvalue weighted by Crippen LogP contribution is 2.19. The van der Waals surface area contributed by atoms with Crippen molar-refractivity contribution >= 4 is 27.5 Å². The zero-order valence-corrected chi connectivity index (χ0v) is 10.6. The molecule has 0 radical (unpaired) electrons. The Morgan fingerprint density at radius 2 is 2.38 bits per heavy atom. The van der Waals surface area contributed by atoms with E-state index in [1.165, 1.54) is 0 Å². The average molecular weight is 283 g/mol. The Labute approximate surface area is 101 Å². The zero-order valence-electron chi connectivity index (χ0n) is 9.03. The first kappa shape index (κ1) is 11.1. The summed E-state index contributed by atoms with van der Waals surface area (Å²) in [6.45, 7) is 4.11. The largest absolute Gasteiger partial charge is 0.461 e. The topological polar surface area (TPSA) is 43.6 Å². The van der Waals surface area contributed by atoms with Crippen LogP contribution in [-0.2, 0) is 4.74 Å². The maximum Gasteiger partial charge on any atom is 0.358 e. The molecule has 2 aromatic heterocycles. The summed E-state index contributed by atoms with van der Waals surface area (Å²) in [5.74, 6) is -0.370. The molecule has 5 heteroatoms. The van der Waals surface area contributed by atoms with Crippen molar-refractivity contribution in [1.82, 2.24) is 9.38 Å². The zero-order chi connectivity index (χ0) is 11.7. The molecule has 0 aromatic carbocycles. The quantitative estimate of drug-likeness (QED) is 0.796. The van der Waals surface area contributed by atoms with Crippen molar-refractivity contribution in [1.29, 1.82) is 0 Å². The van der Waals surface area contributed by atoms with E-state index in [-0.39, 0.29) is 5.97 Å². The number of rotatable bonds is 2. The predicted octanol–water partition coefficient (Wildman–Crippen LogP) is 2.58. The number of hydrogen-bond acceptors (Lipinski definition) is 3. The summed E-state index contributed by atoms with van der Waals surface area (Å²) in [6.07, 6.45) is 1.81. The van der Waals surface area contributed by atoms with Gasteiger partial charge < -0.3 is 4.74 Å². The minimum absolute atomic E-state index is 0.352. The van der Waals surface area contributed by atoms with Crippen LogP contribution in [0.3, 0.4) is 0 Å². The number of imidazole rings is 1. The van der Waals surface area contributed by atoms with Gasteiger partial charge in [-0.15, -0.1) is 0 Å². The monoisotopic (exact) mass is 282 g/mol. The number of ether oxygens (including phenoxy) is 1. The number of carbonyl (C=O) groups is 1. The van der Waals surface area contributed by atoms with Crippen molar-refractivity contribution in [2.24, 2.45) is 0 Å². The van der Waals surface area contributed by atoms with Gasteiger partial charge in [0.15, 0.2) is 5.69 Å². The van der Waals surface area contributed by atoms with Crippen molar-refractivity contribution in [3.63, 3.8) is 0 Å². The van der Waals surface area contributed by atoms with Gasteiger partial charge in [0.25, 0.3) is 0 Å². The number of fused-ring (bicyclic) bond motifs is 1. The maximum atomic E-state index is 11.7. The van der Waals surface area contributed by atoms with E-state index >= 15 is 0 Å². The predicted molar refractivity (Wildman–Crippen MR) is 63.6 cm³/mol. The molecule has 0 aliphatic rings. The van der Waals surface area contributed by atoms with E-state index in [1.807, 2.05) is 25.3 Å². The Kier molecular flexibility index (Phi) is 2.96. The van der Waals surface area contributed by atoms with Crippen LogP contribution in [0.5, 0.6) is 0 Å². The average Bonchev–Trinajstić information content (AvgIpc) is 2.53. The van der Waals surface area contributed by atoms with Crippen molar-refractivity contribution < 1.29 is 9.53 Å². The van der Waals surface area contributed by atoms with Crippen molar-refractivity contribution in [2.45, 2.75) is 13.8 Å². The molecule has 0 spiro atoms. The summed E-state index contributed by atoms with van der Waals surface area (Å²) in [7, 11) is 0. The lowest BCUT2D eigenvalue weighted by atomic mass is 10.3. The number of hydrogen-bond donors (Lipinski definition) is 0. The minimum Gasteiger partial charge on any atom is -0.461 e. The molecule has 2 rings (SSSR count). The van der Waals surface area contributed by atoms with Crippen LogP contribution >= 0.6 is 15.9 Å². The van der Waals surface area contributed by atoms with Gasteiger partial charge in [0.2, 0.25) is 0 Å². The Morgan fingerprint density at radius 3 is 3.06 bits per heavy atom. The minimum atomic E-state index is -0.370. The van der Waals surface area contributed by atoms with Crippen LogP contribution in [0.15, 0.2) is 22.9 Å². The van der Waals surface area contributed by atoms with E-state index in [4.69, 9.17) is 4.74 Å². The van der Waals surface area contributed by atoms with Crippen LogP contribution in [0, 0.1) is 6.92 Å². The van der Waals surface area contributed by atoms with E-state index in [2.05, 4.69) is 20.9 Å². The molecule has 2 aromatic rings. The molecule has 0 N–H and O–H groups in total. The standard InChI is InChI=1S/C11H11BrN2O2/c1-3-16-11(15)9-10(12)13-8-6-7(2)4-5-14(8)9/h4-6H,3H2,1-2H3. The van der Waals surface area contributed by atoms with E-state index in [9.17, 15) is 4.79 Å². The number of aryl methyl sites for hydroxylation is 1. The van der Waals surface area contributed by atoms with Gasteiger partial charge in [-0.25, -0.2) is 9.78 Å². The summed E-state index contributed by atoms with van der Waals surface area (Å²) >= 11 is 3.27. The van der Waals surface area contributed by atoms with Crippen LogP contribution < -0.4 is 0 Å². The molecule has 0 saturated carbocycles. The summed E-state index contributed by atoms with van der Waals surface area (Å²) in [6, 6.07) is 3.83. The Bertz CT molecular complexity index is 548. The summed E-state index contributed by atoms with van der Waals surface area (Å²) < 4.78 is 7.20. The lowest BCUT2D eigenvalue weighted by molar-refractivity contribution is 0.0517. The molecular weight excluding hydrogens is 272 g/mol. The molecule has 4 nitrogen and oxygen atoms in total. The van der Waals surface area contributed by atoms with Gasteiger partial charge in [-0.2, -0.15) is 0 Å². The molecule has 0 saturated heterocycles. The summed E-state index contributed by atoms with van der Waals surface area (Å²) in [5.41, 5.74) is 2.26. The molecule has 0 aliphatic heterocycles. The van der Waals surface area contributed by atoms with E-state index in [0.717, 1.165) is 11.2 Å². The second-order valence-corrected chi connectivity index (χ2v) is 4.16. The van der Waals surface area contributed by atoms with Crippen LogP contribution in [0.25, 0.3) is 5.65 Å². The number of nitrogens with zero attached hydrogens (tertiary/aromatic N) is 2. The van der Waals surface area contributed by atoms with Crippen LogP contribution in [0.1, 0.15) is 23.0 Å². The SMILES string of the molecule is CCOC(=O)c1c(Br)nc2cc(C)ccn12. The first-order chi connectivity index (χ1) is 7.63. The second kappa shape index (κ2) is 4.25. The van der Waals surface area contributed by atoms with Crippen molar-refractivity contribution in [3.8, 4) is 0 Å². The van der Waals surface area contributed by atoms with Crippen molar-refractivity contribution in [3.05, 3.63) is 34.2 Å². The number of aromatic nitrogens is 2. The summed E-state index contributed by atoms with van der Waals surface area (Å²) in [4.78, 5) is 16.0. The third-order valence-electron chi connectivity index (χ3n) is 2.21. The van der Waals surface area contributed by atoms with Crippen LogP contribution in [0.2, 0.25) is 0 Å². The fourth-order valence-corrected chi connectivity index (χ4v) is 2.03. The van der Waals surface area contributed by atoms with Crippen LogP contribution in [0.4, 0.5) is 0 Å². The van der Waals surface area contributed by atoms with Gasteiger partial charge in [0.05, 0.1) is 6.61 Å². The van der Waals surface area contributed by atoms with Gasteiger partial charge in [-0.1, -0.05) is 0 Å². The Balaban J connectivity index is 2.60. The highest BCUT2D eigenvalue weighted by molar-refractivity contribution is 9.10. The molecule has 0 unspecified atom stereocenters. The number of halogens is 1. The van der Waals surface area contributed by atoms with E-state index in [1.54, 1.807) is 11.3 Å². The summed E-state index contributed by atoms with van der Waals surface area (Å²) in [5, 5.41) is 0. The Morgan fingerprint density at radius 1 is 1.62 bits per heavy atom. The Hall–Kier alpha value is -1.36. The number of esters is 1. The maximum absolute atomic E-state index is 11.7. The molecule has 84 valence electrons. The number of pyridine rings is 1. The van der Waals surface area contributed by atoms with Gasteiger partial charge in [-0.05, 0) is 47.5 Å². The fraction of sp³-hybridized carbons (Fsp3) is 0.273. The normalized spacial score (nSPS) is 10.7. The third-order valence-corrected chi connectivity index (χ3v) is 2.76. The second-order valence-electron chi connectivity index (χ2n) is 3.40. The molecule has 2 heterocycles. The van der Waals surface area contributed by atoms with Gasteiger partial charge in [-0.3, -0.25) is 4.40 Å². The molecule has 0 amide bonds. The molecule has 0 aliphatic carbocycles.